The van der Waals surface area contributed by atoms with Gasteiger partial charge in [-0.25, -0.2) is 4.68 Å². The molecule has 0 saturated carbocycles. The van der Waals surface area contributed by atoms with Gasteiger partial charge in [0, 0.05) is 23.1 Å². The smallest absolute Gasteiger partial charge is 0.132 e. The molecule has 0 atom stereocenters. The minimum Gasteiger partial charge on any atom is -0.383 e. The topological polar surface area (TPSA) is 55.9 Å². The maximum Gasteiger partial charge on any atom is 0.132 e. The summed E-state index contributed by atoms with van der Waals surface area (Å²) in [4.78, 5) is 0. The molecule has 1 aromatic carbocycles. The fourth-order valence-electron chi connectivity index (χ4n) is 1.96. The third-order valence-corrected chi connectivity index (χ3v) is 3.45. The first-order chi connectivity index (χ1) is 7.77. The monoisotopic (exact) mass is 278 g/mol. The third-order valence-electron chi connectivity index (χ3n) is 2.78. The molecule has 2 aromatic rings. The highest BCUT2D eigenvalue weighted by molar-refractivity contribution is 9.10. The van der Waals surface area contributed by atoms with Crippen LogP contribution < -0.4 is 11.1 Å². The predicted molar refractivity (Wildman–Crippen MR) is 66.2 cm³/mol. The Bertz CT molecular complexity index is 547. The summed E-state index contributed by atoms with van der Waals surface area (Å²) in [6.45, 7) is 1.61. The summed E-state index contributed by atoms with van der Waals surface area (Å²) in [5.74, 6) is 0.729. The van der Waals surface area contributed by atoms with Crippen LogP contribution in [-0.2, 0) is 13.1 Å². The van der Waals surface area contributed by atoms with E-state index in [1.54, 1.807) is 4.68 Å². The number of rotatable bonds is 1. The lowest BCUT2D eigenvalue weighted by Crippen LogP contribution is -2.09. The van der Waals surface area contributed by atoms with Gasteiger partial charge in [-0.1, -0.05) is 12.1 Å². The molecule has 0 saturated heterocycles. The fraction of sp³-hybridized carbons (Fsp3) is 0.182. The Labute approximate surface area is 102 Å². The van der Waals surface area contributed by atoms with Crippen LogP contribution in [0.15, 0.2) is 28.7 Å². The second-order valence-corrected chi connectivity index (χ2v) is 4.63. The number of halogens is 1. The molecule has 1 aliphatic heterocycles. The number of nitrogens with two attached hydrogens (primary N) is 1. The lowest BCUT2D eigenvalue weighted by Gasteiger charge is -2.07. The number of hydrogen-bond acceptors (Lipinski definition) is 3. The molecule has 3 rings (SSSR count). The lowest BCUT2D eigenvalue weighted by atomic mass is 10.3. The van der Waals surface area contributed by atoms with E-state index in [1.165, 1.54) is 0 Å². The zero-order chi connectivity index (χ0) is 11.1. The summed E-state index contributed by atoms with van der Waals surface area (Å²) in [6, 6.07) is 7.93. The van der Waals surface area contributed by atoms with Gasteiger partial charge in [-0.05, 0) is 28.1 Å². The highest BCUT2D eigenvalue weighted by Gasteiger charge is 2.21. The Balaban J connectivity index is 2.18. The molecule has 1 aromatic heterocycles. The van der Waals surface area contributed by atoms with Gasteiger partial charge in [0.05, 0.1) is 11.4 Å². The molecule has 0 spiro atoms. The first-order valence-corrected chi connectivity index (χ1v) is 5.88. The van der Waals surface area contributed by atoms with Crippen LogP contribution in [-0.4, -0.2) is 9.78 Å². The van der Waals surface area contributed by atoms with Crippen molar-refractivity contribution < 1.29 is 0 Å². The Morgan fingerprint density at radius 1 is 1.31 bits per heavy atom. The summed E-state index contributed by atoms with van der Waals surface area (Å²) in [5, 5.41) is 7.75. The number of fused-ring (bicyclic) bond motifs is 1. The zero-order valence-electron chi connectivity index (χ0n) is 8.57. The van der Waals surface area contributed by atoms with Gasteiger partial charge in [-0.3, -0.25) is 0 Å². The molecule has 0 amide bonds. The molecule has 1 aliphatic rings. The highest BCUT2D eigenvalue weighted by Crippen LogP contribution is 2.27. The normalized spacial score (nSPS) is 14.1. The van der Waals surface area contributed by atoms with Gasteiger partial charge in [0.15, 0.2) is 0 Å². The molecule has 16 heavy (non-hydrogen) atoms. The Morgan fingerprint density at radius 2 is 2.12 bits per heavy atom. The van der Waals surface area contributed by atoms with Crippen molar-refractivity contribution >= 4 is 21.7 Å². The molecule has 0 radical (unpaired) electrons. The minimum atomic E-state index is 0.729. The first-order valence-electron chi connectivity index (χ1n) is 5.09. The molecule has 0 aliphatic carbocycles. The van der Waals surface area contributed by atoms with Gasteiger partial charge in [-0.15, -0.1) is 0 Å². The number of para-hydroxylation sites is 1. The largest absolute Gasteiger partial charge is 0.383 e. The quantitative estimate of drug-likeness (QED) is 0.837. The van der Waals surface area contributed by atoms with Crippen molar-refractivity contribution in [3.05, 3.63) is 40.0 Å². The number of benzene rings is 1. The van der Waals surface area contributed by atoms with Crippen molar-refractivity contribution in [2.45, 2.75) is 13.1 Å². The van der Waals surface area contributed by atoms with Crippen LogP contribution in [0.1, 0.15) is 11.3 Å². The number of aromatic nitrogens is 2. The molecular formula is C11H11BrN4. The van der Waals surface area contributed by atoms with Crippen molar-refractivity contribution in [3.63, 3.8) is 0 Å². The van der Waals surface area contributed by atoms with Crippen molar-refractivity contribution in [1.29, 1.82) is 0 Å². The maximum absolute atomic E-state index is 6.10. The van der Waals surface area contributed by atoms with Crippen LogP contribution in [0, 0.1) is 0 Å². The number of nitrogens with one attached hydrogen (secondary N) is 1. The van der Waals surface area contributed by atoms with Crippen molar-refractivity contribution in [2.24, 2.45) is 0 Å². The van der Waals surface area contributed by atoms with Crippen molar-refractivity contribution in [2.75, 3.05) is 5.73 Å². The molecule has 5 heteroatoms. The zero-order valence-corrected chi connectivity index (χ0v) is 10.2. The van der Waals surface area contributed by atoms with Crippen LogP contribution in [0.25, 0.3) is 5.69 Å². The van der Waals surface area contributed by atoms with Crippen LogP contribution in [0.5, 0.6) is 0 Å². The van der Waals surface area contributed by atoms with Crippen LogP contribution in [0.2, 0.25) is 0 Å². The Hall–Kier alpha value is -1.33. The second kappa shape index (κ2) is 3.61. The van der Waals surface area contributed by atoms with E-state index in [4.69, 9.17) is 5.73 Å². The van der Waals surface area contributed by atoms with Gasteiger partial charge >= 0.3 is 0 Å². The minimum absolute atomic E-state index is 0.729. The summed E-state index contributed by atoms with van der Waals surface area (Å²) in [6.07, 6.45) is 0. The molecule has 4 nitrogen and oxygen atoms in total. The van der Waals surface area contributed by atoms with E-state index in [1.807, 2.05) is 24.3 Å². The van der Waals surface area contributed by atoms with E-state index in [0.29, 0.717) is 0 Å². The summed E-state index contributed by atoms with van der Waals surface area (Å²) >= 11 is 3.51. The van der Waals surface area contributed by atoms with E-state index >= 15 is 0 Å². The average Bonchev–Trinajstić information content (AvgIpc) is 2.83. The highest BCUT2D eigenvalue weighted by atomic mass is 79.9. The molecule has 0 unspecified atom stereocenters. The SMILES string of the molecule is Nc1c2c(nn1-c1ccccc1Br)CNC2. The van der Waals surface area contributed by atoms with Crippen LogP contribution in [0.4, 0.5) is 5.82 Å². The maximum atomic E-state index is 6.10. The molecule has 2 heterocycles. The second-order valence-electron chi connectivity index (χ2n) is 3.78. The molecule has 3 N–H and O–H groups in total. The standard InChI is InChI=1S/C11H11BrN4/c12-8-3-1-2-4-10(8)16-11(13)7-5-14-6-9(7)15-16/h1-4,14H,5-6,13H2. The Morgan fingerprint density at radius 3 is 2.88 bits per heavy atom. The van der Waals surface area contributed by atoms with E-state index in [-0.39, 0.29) is 0 Å². The molecule has 0 fully saturated rings. The summed E-state index contributed by atoms with van der Waals surface area (Å²) < 4.78 is 2.80. The molecule has 82 valence electrons. The lowest BCUT2D eigenvalue weighted by molar-refractivity contribution is 0.724. The first kappa shape index (κ1) is 9.86. The number of anilines is 1. The number of nitrogens with zero attached hydrogens (tertiary/aromatic N) is 2. The van der Waals surface area contributed by atoms with E-state index < -0.39 is 0 Å². The van der Waals surface area contributed by atoms with Crippen LogP contribution >= 0.6 is 15.9 Å². The Kier molecular flexibility index (Phi) is 2.22. The summed E-state index contributed by atoms with van der Waals surface area (Å²) in [5.41, 5.74) is 9.25. The van der Waals surface area contributed by atoms with Gasteiger partial charge in [0.2, 0.25) is 0 Å². The third kappa shape index (κ3) is 1.36. The van der Waals surface area contributed by atoms with Crippen molar-refractivity contribution in [3.8, 4) is 5.69 Å². The molecular weight excluding hydrogens is 268 g/mol. The fourth-order valence-corrected chi connectivity index (χ4v) is 2.41. The van der Waals surface area contributed by atoms with Crippen molar-refractivity contribution in [1.82, 2.24) is 15.1 Å². The number of nitrogen functional groups attached to an aromatic ring is 1. The average molecular weight is 279 g/mol. The summed E-state index contributed by atoms with van der Waals surface area (Å²) in [7, 11) is 0. The number of hydrogen-bond donors (Lipinski definition) is 2. The van der Waals surface area contributed by atoms with E-state index in [9.17, 15) is 0 Å². The van der Waals surface area contributed by atoms with Gasteiger partial charge in [0.25, 0.3) is 0 Å². The van der Waals surface area contributed by atoms with E-state index in [0.717, 1.165) is 40.3 Å². The van der Waals surface area contributed by atoms with Gasteiger partial charge in [-0.2, -0.15) is 5.10 Å². The van der Waals surface area contributed by atoms with Gasteiger partial charge < -0.3 is 11.1 Å². The molecule has 0 bridgehead atoms. The van der Waals surface area contributed by atoms with Gasteiger partial charge in [0.1, 0.15) is 5.82 Å². The van der Waals surface area contributed by atoms with E-state index in [2.05, 4.69) is 26.3 Å². The predicted octanol–water partition coefficient (Wildman–Crippen LogP) is 1.82. The van der Waals surface area contributed by atoms with Crippen LogP contribution in [0.3, 0.4) is 0 Å².